The van der Waals surface area contributed by atoms with Crippen molar-refractivity contribution in [3.63, 3.8) is 0 Å². The minimum absolute atomic E-state index is 0.161. The van der Waals surface area contributed by atoms with Crippen molar-refractivity contribution >= 4 is 0 Å². The molecule has 0 N–H and O–H groups in total. The molecule has 2 aliphatic carbocycles. The molecule has 1 saturated carbocycles. The third kappa shape index (κ3) is 2.30. The fourth-order valence-electron chi connectivity index (χ4n) is 6.02. The highest BCUT2D eigenvalue weighted by atomic mass is 19.1. The molecule has 1 heterocycles. The van der Waals surface area contributed by atoms with Gasteiger partial charge in [-0.3, -0.25) is 0 Å². The van der Waals surface area contributed by atoms with Crippen LogP contribution < -0.4 is 0 Å². The standard InChI is InChI=1S/C23H26FN/c1-25-13-12-23-11-3-2-4-20(23)22(25)15-18-6-5-17(14-21(18)23)16-7-9-19(24)10-8-16/h5-10,14,20,22H,2-4,11-13,15H2,1H3/t20-,22+,23+/m0/s1. The Morgan fingerprint density at radius 1 is 1.00 bits per heavy atom. The van der Waals surface area contributed by atoms with Crippen LogP contribution in [0.2, 0.25) is 0 Å². The van der Waals surface area contributed by atoms with Crippen molar-refractivity contribution < 1.29 is 4.39 Å². The highest BCUT2D eigenvalue weighted by Gasteiger charge is 2.52. The summed E-state index contributed by atoms with van der Waals surface area (Å²) in [4.78, 5) is 2.62. The Hall–Kier alpha value is -1.67. The molecule has 2 heteroatoms. The third-order valence-electron chi connectivity index (χ3n) is 7.29. The molecule has 25 heavy (non-hydrogen) atoms. The Kier molecular flexibility index (Phi) is 3.53. The maximum atomic E-state index is 13.3. The Morgan fingerprint density at radius 2 is 1.80 bits per heavy atom. The van der Waals surface area contributed by atoms with Crippen molar-refractivity contribution in [2.24, 2.45) is 5.92 Å². The van der Waals surface area contributed by atoms with E-state index in [1.54, 1.807) is 23.3 Å². The summed E-state index contributed by atoms with van der Waals surface area (Å²) in [5.74, 6) is 0.654. The van der Waals surface area contributed by atoms with E-state index in [9.17, 15) is 4.39 Å². The average Bonchev–Trinajstić information content (AvgIpc) is 2.65. The molecule has 0 amide bonds. The lowest BCUT2D eigenvalue weighted by molar-refractivity contribution is 0.00290. The first-order valence-electron chi connectivity index (χ1n) is 9.77. The van der Waals surface area contributed by atoms with Crippen LogP contribution in [0.25, 0.3) is 11.1 Å². The molecule has 1 nitrogen and oxygen atoms in total. The first-order valence-corrected chi connectivity index (χ1v) is 9.77. The lowest BCUT2D eigenvalue weighted by atomic mass is 9.52. The second-order valence-electron chi connectivity index (χ2n) is 8.39. The van der Waals surface area contributed by atoms with Gasteiger partial charge in [-0.2, -0.15) is 0 Å². The predicted molar refractivity (Wildman–Crippen MR) is 100 cm³/mol. The summed E-state index contributed by atoms with van der Waals surface area (Å²) >= 11 is 0. The van der Waals surface area contributed by atoms with E-state index in [0.717, 1.165) is 17.5 Å². The average molecular weight is 335 g/mol. The molecular formula is C23H26FN. The van der Waals surface area contributed by atoms with Gasteiger partial charge < -0.3 is 4.90 Å². The molecule has 130 valence electrons. The van der Waals surface area contributed by atoms with E-state index in [0.29, 0.717) is 5.41 Å². The number of hydrogen-bond donors (Lipinski definition) is 0. The second-order valence-corrected chi connectivity index (χ2v) is 8.39. The normalized spacial score (nSPS) is 31.3. The minimum atomic E-state index is -0.161. The predicted octanol–water partition coefficient (Wildman–Crippen LogP) is 5.18. The zero-order valence-electron chi connectivity index (χ0n) is 15.0. The van der Waals surface area contributed by atoms with Gasteiger partial charge in [-0.15, -0.1) is 0 Å². The Morgan fingerprint density at radius 3 is 2.64 bits per heavy atom. The van der Waals surface area contributed by atoms with Crippen molar-refractivity contribution in [1.82, 2.24) is 4.90 Å². The maximum absolute atomic E-state index is 13.3. The summed E-state index contributed by atoms with van der Waals surface area (Å²) < 4.78 is 13.3. The molecule has 3 aliphatic rings. The van der Waals surface area contributed by atoms with Gasteiger partial charge in [0.1, 0.15) is 5.82 Å². The zero-order valence-corrected chi connectivity index (χ0v) is 15.0. The van der Waals surface area contributed by atoms with Gasteiger partial charge in [0.05, 0.1) is 0 Å². The fourth-order valence-corrected chi connectivity index (χ4v) is 6.02. The number of rotatable bonds is 1. The molecule has 1 aliphatic heterocycles. The number of likely N-dealkylation sites (tertiary alicyclic amines) is 1. The van der Waals surface area contributed by atoms with E-state index in [1.807, 2.05) is 12.1 Å². The van der Waals surface area contributed by atoms with Crippen molar-refractivity contribution in [3.8, 4) is 11.1 Å². The lowest BCUT2D eigenvalue weighted by Crippen LogP contribution is -2.59. The number of nitrogens with zero attached hydrogens (tertiary/aromatic N) is 1. The van der Waals surface area contributed by atoms with Crippen LogP contribution in [0.4, 0.5) is 4.39 Å². The van der Waals surface area contributed by atoms with Crippen LogP contribution in [0.5, 0.6) is 0 Å². The molecule has 0 unspecified atom stereocenters. The summed E-state index contributed by atoms with van der Waals surface area (Å²) in [7, 11) is 2.32. The van der Waals surface area contributed by atoms with E-state index >= 15 is 0 Å². The van der Waals surface area contributed by atoms with Gasteiger partial charge >= 0.3 is 0 Å². The number of likely N-dealkylation sites (N-methyl/N-ethyl adjacent to an activating group) is 1. The zero-order chi connectivity index (χ0) is 17.0. The van der Waals surface area contributed by atoms with Crippen LogP contribution in [0.3, 0.4) is 0 Å². The molecule has 5 rings (SSSR count). The van der Waals surface area contributed by atoms with Crippen LogP contribution in [0.1, 0.15) is 43.2 Å². The maximum Gasteiger partial charge on any atom is 0.123 e. The molecule has 2 bridgehead atoms. The molecule has 1 saturated heterocycles. The molecule has 0 aromatic heterocycles. The monoisotopic (exact) mass is 335 g/mol. The van der Waals surface area contributed by atoms with Gasteiger partial charge in [0, 0.05) is 11.5 Å². The van der Waals surface area contributed by atoms with Gasteiger partial charge in [0.15, 0.2) is 0 Å². The lowest BCUT2D eigenvalue weighted by Gasteiger charge is -2.58. The van der Waals surface area contributed by atoms with Crippen LogP contribution in [0.15, 0.2) is 42.5 Å². The van der Waals surface area contributed by atoms with Crippen molar-refractivity contribution in [2.45, 2.75) is 50.0 Å². The van der Waals surface area contributed by atoms with Crippen LogP contribution in [0, 0.1) is 11.7 Å². The van der Waals surface area contributed by atoms with Gasteiger partial charge in [-0.05, 0) is 79.6 Å². The molecular weight excluding hydrogens is 309 g/mol. The molecule has 3 atom stereocenters. The van der Waals surface area contributed by atoms with Crippen molar-refractivity contribution in [1.29, 1.82) is 0 Å². The van der Waals surface area contributed by atoms with E-state index in [4.69, 9.17) is 0 Å². The largest absolute Gasteiger partial charge is 0.303 e. The number of benzene rings is 2. The van der Waals surface area contributed by atoms with Crippen LogP contribution in [-0.2, 0) is 11.8 Å². The quantitative estimate of drug-likeness (QED) is 0.694. The molecule has 2 fully saturated rings. The summed E-state index contributed by atoms with van der Waals surface area (Å²) in [6.07, 6.45) is 7.99. The van der Waals surface area contributed by atoms with E-state index < -0.39 is 0 Å². The Labute approximate surface area is 149 Å². The Bertz CT molecular complexity index is 796. The van der Waals surface area contributed by atoms with Crippen molar-refractivity contribution in [3.05, 3.63) is 59.4 Å². The topological polar surface area (TPSA) is 3.24 Å². The second kappa shape index (κ2) is 5.67. The first-order chi connectivity index (χ1) is 12.2. The third-order valence-corrected chi connectivity index (χ3v) is 7.29. The number of halogens is 1. The summed E-state index contributed by atoms with van der Waals surface area (Å²) in [5, 5.41) is 0. The Balaban J connectivity index is 1.64. The highest BCUT2D eigenvalue weighted by molar-refractivity contribution is 5.66. The smallest absolute Gasteiger partial charge is 0.123 e. The minimum Gasteiger partial charge on any atom is -0.303 e. The van der Waals surface area contributed by atoms with Crippen LogP contribution >= 0.6 is 0 Å². The summed E-state index contributed by atoms with van der Waals surface area (Å²) in [6, 6.07) is 14.7. The fraction of sp³-hybridized carbons (Fsp3) is 0.478. The molecule has 0 radical (unpaired) electrons. The summed E-state index contributed by atoms with van der Waals surface area (Å²) in [5.41, 5.74) is 5.93. The summed E-state index contributed by atoms with van der Waals surface area (Å²) in [6.45, 7) is 1.22. The molecule has 0 spiro atoms. The molecule has 2 aromatic rings. The number of piperidine rings is 1. The number of fused-ring (bicyclic) bond motifs is 1. The van der Waals surface area contributed by atoms with E-state index in [2.05, 4.69) is 30.1 Å². The van der Waals surface area contributed by atoms with Crippen LogP contribution in [-0.4, -0.2) is 24.5 Å². The van der Waals surface area contributed by atoms with Gasteiger partial charge in [-0.25, -0.2) is 4.39 Å². The highest BCUT2D eigenvalue weighted by Crippen LogP contribution is 2.55. The first kappa shape index (κ1) is 15.6. The van der Waals surface area contributed by atoms with E-state index in [1.165, 1.54) is 50.6 Å². The van der Waals surface area contributed by atoms with Gasteiger partial charge in [0.25, 0.3) is 0 Å². The van der Waals surface area contributed by atoms with E-state index in [-0.39, 0.29) is 5.82 Å². The SMILES string of the molecule is CN1CC[C@]23CCCC[C@H]2[C@H]1Cc1ccc(-c2ccc(F)cc2)cc13. The molecule has 2 aromatic carbocycles. The van der Waals surface area contributed by atoms with Gasteiger partial charge in [0.2, 0.25) is 0 Å². The van der Waals surface area contributed by atoms with Gasteiger partial charge in [-0.1, -0.05) is 43.2 Å². The number of hydrogen-bond acceptors (Lipinski definition) is 1. The van der Waals surface area contributed by atoms with Crippen molar-refractivity contribution in [2.75, 3.05) is 13.6 Å².